The molecule has 1 saturated carbocycles. The van der Waals surface area contributed by atoms with Crippen LogP contribution in [0.3, 0.4) is 0 Å². The number of nitrogens with one attached hydrogen (secondary N) is 1. The fourth-order valence-corrected chi connectivity index (χ4v) is 2.57. The van der Waals surface area contributed by atoms with Crippen LogP contribution in [0.15, 0.2) is 18.2 Å². The van der Waals surface area contributed by atoms with Crippen LogP contribution in [-0.2, 0) is 0 Å². The van der Waals surface area contributed by atoms with E-state index in [2.05, 4.69) is 5.32 Å². The second-order valence-electron chi connectivity index (χ2n) is 4.82. The number of anilines is 1. The monoisotopic (exact) mass is 248 g/mol. The zero-order valence-corrected chi connectivity index (χ0v) is 10.2. The Morgan fingerprint density at radius 1 is 1.33 bits per heavy atom. The molecule has 1 aromatic rings. The van der Waals surface area contributed by atoms with Crippen LogP contribution < -0.4 is 5.32 Å². The topological polar surface area (TPSA) is 56.0 Å². The second kappa shape index (κ2) is 5.83. The first-order valence-electron chi connectivity index (χ1n) is 6.31. The average molecular weight is 248 g/mol. The lowest BCUT2D eigenvalue weighted by atomic mass is 9.85. The molecule has 2 unspecified atom stereocenters. The van der Waals surface area contributed by atoms with E-state index in [1.165, 1.54) is 12.1 Å². The summed E-state index contributed by atoms with van der Waals surface area (Å²) in [6.07, 6.45) is 4.23. The van der Waals surface area contributed by atoms with Gasteiger partial charge in [0.1, 0.15) is 5.82 Å². The van der Waals surface area contributed by atoms with E-state index in [0.717, 1.165) is 25.7 Å². The first kappa shape index (κ1) is 12.8. The standard InChI is InChI=1S/C14H17FN2O/c15-12-5-10(8-16)6-13(7-12)17-14-4-2-1-3-11(14)9-18/h5-7,11,14,17-18H,1-4,9H2. The molecule has 0 aliphatic heterocycles. The molecule has 2 rings (SSSR count). The molecule has 2 N–H and O–H groups in total. The van der Waals surface area contributed by atoms with E-state index >= 15 is 0 Å². The molecule has 0 spiro atoms. The van der Waals surface area contributed by atoms with Gasteiger partial charge in [-0.2, -0.15) is 5.26 Å². The van der Waals surface area contributed by atoms with Crippen molar-refractivity contribution in [1.29, 1.82) is 5.26 Å². The minimum absolute atomic E-state index is 0.151. The fraction of sp³-hybridized carbons (Fsp3) is 0.500. The van der Waals surface area contributed by atoms with Crippen molar-refractivity contribution in [3.05, 3.63) is 29.6 Å². The van der Waals surface area contributed by atoms with Gasteiger partial charge in [-0.15, -0.1) is 0 Å². The van der Waals surface area contributed by atoms with Crippen molar-refractivity contribution < 1.29 is 9.50 Å². The van der Waals surface area contributed by atoms with Crippen LogP contribution in [0, 0.1) is 23.1 Å². The number of nitrogens with zero attached hydrogens (tertiary/aromatic N) is 1. The summed E-state index contributed by atoms with van der Waals surface area (Å²) in [7, 11) is 0. The molecule has 1 aromatic carbocycles. The van der Waals surface area contributed by atoms with E-state index in [4.69, 9.17) is 5.26 Å². The van der Waals surface area contributed by atoms with Gasteiger partial charge >= 0.3 is 0 Å². The largest absolute Gasteiger partial charge is 0.396 e. The lowest BCUT2D eigenvalue weighted by Crippen LogP contribution is -2.34. The Labute approximate surface area is 106 Å². The SMILES string of the molecule is N#Cc1cc(F)cc(NC2CCCCC2CO)c1. The number of nitriles is 1. The lowest BCUT2D eigenvalue weighted by molar-refractivity contribution is 0.178. The summed E-state index contributed by atoms with van der Waals surface area (Å²) in [6, 6.07) is 6.36. The number of rotatable bonds is 3. The maximum Gasteiger partial charge on any atom is 0.126 e. The Kier molecular flexibility index (Phi) is 4.16. The molecule has 0 aromatic heterocycles. The number of aliphatic hydroxyl groups excluding tert-OH is 1. The number of hydrogen-bond acceptors (Lipinski definition) is 3. The van der Waals surface area contributed by atoms with Gasteiger partial charge in [0.2, 0.25) is 0 Å². The fourth-order valence-electron chi connectivity index (χ4n) is 2.57. The van der Waals surface area contributed by atoms with Crippen LogP contribution >= 0.6 is 0 Å². The molecule has 96 valence electrons. The third kappa shape index (κ3) is 2.99. The van der Waals surface area contributed by atoms with Gasteiger partial charge in [-0.25, -0.2) is 4.39 Å². The van der Waals surface area contributed by atoms with E-state index < -0.39 is 5.82 Å². The number of benzene rings is 1. The van der Waals surface area contributed by atoms with Crippen LogP contribution in [0.4, 0.5) is 10.1 Å². The Hall–Kier alpha value is -1.60. The Bertz CT molecular complexity index is 456. The van der Waals surface area contributed by atoms with E-state index in [1.807, 2.05) is 6.07 Å². The van der Waals surface area contributed by atoms with Crippen molar-refractivity contribution in [3.63, 3.8) is 0 Å². The Morgan fingerprint density at radius 2 is 2.11 bits per heavy atom. The number of halogens is 1. The zero-order valence-electron chi connectivity index (χ0n) is 10.2. The molecular weight excluding hydrogens is 231 g/mol. The summed E-state index contributed by atoms with van der Waals surface area (Å²) < 4.78 is 13.3. The summed E-state index contributed by atoms with van der Waals surface area (Å²) in [5.74, 6) is -0.194. The summed E-state index contributed by atoms with van der Waals surface area (Å²) in [5, 5.41) is 21.4. The van der Waals surface area contributed by atoms with Gasteiger partial charge < -0.3 is 10.4 Å². The predicted molar refractivity (Wildman–Crippen MR) is 67.6 cm³/mol. The van der Waals surface area contributed by atoms with Crippen molar-refractivity contribution >= 4 is 5.69 Å². The van der Waals surface area contributed by atoms with Gasteiger partial charge in [0, 0.05) is 24.3 Å². The third-order valence-corrected chi connectivity index (χ3v) is 3.52. The minimum Gasteiger partial charge on any atom is -0.396 e. The van der Waals surface area contributed by atoms with Crippen LogP contribution in [-0.4, -0.2) is 17.8 Å². The highest BCUT2D eigenvalue weighted by molar-refractivity contribution is 5.50. The maximum atomic E-state index is 13.3. The molecule has 18 heavy (non-hydrogen) atoms. The van der Waals surface area contributed by atoms with Crippen LogP contribution in [0.1, 0.15) is 31.2 Å². The smallest absolute Gasteiger partial charge is 0.126 e. The molecule has 1 aliphatic rings. The number of aliphatic hydroxyl groups is 1. The van der Waals surface area contributed by atoms with Gasteiger partial charge in [0.15, 0.2) is 0 Å². The molecule has 0 saturated heterocycles. The Morgan fingerprint density at radius 3 is 2.83 bits per heavy atom. The maximum absolute atomic E-state index is 13.3. The lowest BCUT2D eigenvalue weighted by Gasteiger charge is -2.31. The highest BCUT2D eigenvalue weighted by Crippen LogP contribution is 2.27. The highest BCUT2D eigenvalue weighted by Gasteiger charge is 2.24. The predicted octanol–water partition coefficient (Wildman–Crippen LogP) is 2.66. The molecule has 1 aliphatic carbocycles. The van der Waals surface area contributed by atoms with E-state index in [9.17, 15) is 9.50 Å². The molecule has 0 heterocycles. The van der Waals surface area contributed by atoms with Gasteiger partial charge in [0.25, 0.3) is 0 Å². The van der Waals surface area contributed by atoms with E-state index in [-0.39, 0.29) is 18.6 Å². The van der Waals surface area contributed by atoms with Crippen LogP contribution in [0.2, 0.25) is 0 Å². The van der Waals surface area contributed by atoms with Crippen molar-refractivity contribution in [3.8, 4) is 6.07 Å². The molecule has 1 fully saturated rings. The van der Waals surface area contributed by atoms with Crippen LogP contribution in [0.25, 0.3) is 0 Å². The van der Waals surface area contributed by atoms with E-state index in [1.54, 1.807) is 6.07 Å². The highest BCUT2D eigenvalue weighted by atomic mass is 19.1. The molecule has 0 amide bonds. The quantitative estimate of drug-likeness (QED) is 0.864. The normalized spacial score (nSPS) is 23.4. The van der Waals surface area contributed by atoms with Crippen molar-refractivity contribution in [2.75, 3.05) is 11.9 Å². The van der Waals surface area contributed by atoms with Gasteiger partial charge in [-0.1, -0.05) is 12.8 Å². The molecule has 2 atom stereocenters. The first-order chi connectivity index (χ1) is 8.72. The minimum atomic E-state index is -0.409. The van der Waals surface area contributed by atoms with E-state index in [0.29, 0.717) is 11.3 Å². The van der Waals surface area contributed by atoms with Crippen LogP contribution in [0.5, 0.6) is 0 Å². The summed E-state index contributed by atoms with van der Waals surface area (Å²) in [5.41, 5.74) is 0.936. The zero-order chi connectivity index (χ0) is 13.0. The molecule has 0 radical (unpaired) electrons. The van der Waals surface area contributed by atoms with Crippen molar-refractivity contribution in [1.82, 2.24) is 0 Å². The molecule has 3 nitrogen and oxygen atoms in total. The third-order valence-electron chi connectivity index (χ3n) is 3.52. The molecular formula is C14H17FN2O. The Balaban J connectivity index is 2.12. The summed E-state index contributed by atoms with van der Waals surface area (Å²) in [6.45, 7) is 0.151. The van der Waals surface area contributed by atoms with Gasteiger partial charge in [-0.3, -0.25) is 0 Å². The number of hydrogen-bond donors (Lipinski definition) is 2. The van der Waals surface area contributed by atoms with Gasteiger partial charge in [0.05, 0.1) is 11.6 Å². The summed E-state index contributed by atoms with van der Waals surface area (Å²) >= 11 is 0. The first-order valence-corrected chi connectivity index (χ1v) is 6.31. The van der Waals surface area contributed by atoms with Crippen molar-refractivity contribution in [2.45, 2.75) is 31.7 Å². The molecule has 0 bridgehead atoms. The second-order valence-corrected chi connectivity index (χ2v) is 4.82. The average Bonchev–Trinajstić information content (AvgIpc) is 2.38. The van der Waals surface area contributed by atoms with Gasteiger partial charge in [-0.05, 0) is 31.0 Å². The van der Waals surface area contributed by atoms with Crippen molar-refractivity contribution in [2.24, 2.45) is 5.92 Å². The molecule has 4 heteroatoms. The summed E-state index contributed by atoms with van der Waals surface area (Å²) in [4.78, 5) is 0.